The fraction of sp³-hybridized carbons (Fsp3) is 0.571. The number of piperidine rings is 1. The molecule has 2 aromatic rings. The normalized spacial score (nSPS) is 19.6. The number of carbonyl (C=O) groups excluding carboxylic acids is 1. The second kappa shape index (κ2) is 8.37. The van der Waals surface area contributed by atoms with Crippen LogP contribution in [0.15, 0.2) is 30.5 Å². The molecule has 1 unspecified atom stereocenters. The molecule has 1 saturated carbocycles. The molecule has 1 aliphatic heterocycles. The summed E-state index contributed by atoms with van der Waals surface area (Å²) >= 11 is 0. The molecular formula is C21H26F3N5O. The van der Waals surface area contributed by atoms with Crippen molar-refractivity contribution in [3.63, 3.8) is 0 Å². The van der Waals surface area contributed by atoms with E-state index < -0.39 is 11.7 Å². The number of nitrogens with zero attached hydrogens (tertiary/aromatic N) is 4. The molecule has 30 heavy (non-hydrogen) atoms. The van der Waals surface area contributed by atoms with Crippen LogP contribution in [0, 0.1) is 0 Å². The summed E-state index contributed by atoms with van der Waals surface area (Å²) in [6, 6.07) is 6.18. The van der Waals surface area contributed by atoms with Crippen molar-refractivity contribution in [1.82, 2.24) is 25.2 Å². The number of halogens is 3. The van der Waals surface area contributed by atoms with Crippen LogP contribution in [0.3, 0.4) is 0 Å². The maximum Gasteiger partial charge on any atom is 0.416 e. The number of alkyl halides is 3. The first-order valence-electron chi connectivity index (χ1n) is 10.4. The van der Waals surface area contributed by atoms with Crippen molar-refractivity contribution in [2.45, 2.75) is 63.3 Å². The molecule has 1 N–H and O–H groups in total. The third kappa shape index (κ3) is 5.00. The summed E-state index contributed by atoms with van der Waals surface area (Å²) in [4.78, 5) is 14.4. The highest BCUT2D eigenvalue weighted by atomic mass is 19.4. The highest BCUT2D eigenvalue weighted by Gasteiger charge is 2.31. The molecule has 0 radical (unpaired) electrons. The van der Waals surface area contributed by atoms with E-state index in [0.717, 1.165) is 44.8 Å². The lowest BCUT2D eigenvalue weighted by atomic mass is 9.99. The smallest absolute Gasteiger partial charge is 0.348 e. The van der Waals surface area contributed by atoms with Gasteiger partial charge in [0.15, 0.2) is 5.69 Å². The van der Waals surface area contributed by atoms with Crippen LogP contribution in [0.4, 0.5) is 13.2 Å². The first-order chi connectivity index (χ1) is 14.3. The Bertz CT molecular complexity index is 885. The van der Waals surface area contributed by atoms with Crippen LogP contribution in [0.5, 0.6) is 0 Å². The number of carbonyl (C=O) groups is 1. The number of benzene rings is 1. The number of hydrogen-bond donors (Lipinski definition) is 1. The molecule has 2 heterocycles. The van der Waals surface area contributed by atoms with E-state index in [2.05, 4.69) is 27.5 Å². The molecule has 6 nitrogen and oxygen atoms in total. The number of hydrogen-bond acceptors (Lipinski definition) is 4. The molecule has 1 aliphatic carbocycles. The van der Waals surface area contributed by atoms with Gasteiger partial charge in [-0.25, -0.2) is 4.68 Å². The predicted molar refractivity (Wildman–Crippen MR) is 105 cm³/mol. The fourth-order valence-electron chi connectivity index (χ4n) is 3.98. The van der Waals surface area contributed by atoms with Crippen molar-refractivity contribution in [3.05, 3.63) is 47.3 Å². The summed E-state index contributed by atoms with van der Waals surface area (Å²) in [5, 5.41) is 11.1. The Labute approximate surface area is 173 Å². The van der Waals surface area contributed by atoms with E-state index in [1.807, 2.05) is 0 Å². The van der Waals surface area contributed by atoms with Gasteiger partial charge in [0.1, 0.15) is 0 Å². The van der Waals surface area contributed by atoms with Crippen molar-refractivity contribution in [3.8, 4) is 0 Å². The van der Waals surface area contributed by atoms with E-state index in [4.69, 9.17) is 0 Å². The fourth-order valence-corrected chi connectivity index (χ4v) is 3.98. The van der Waals surface area contributed by atoms with E-state index in [0.29, 0.717) is 17.7 Å². The molecule has 4 rings (SSSR count). The second-order valence-corrected chi connectivity index (χ2v) is 8.35. The van der Waals surface area contributed by atoms with E-state index in [9.17, 15) is 18.0 Å². The lowest BCUT2D eigenvalue weighted by Gasteiger charge is -2.36. The molecule has 2 aliphatic rings. The van der Waals surface area contributed by atoms with Crippen LogP contribution in [-0.4, -0.2) is 51.0 Å². The van der Waals surface area contributed by atoms with Crippen LogP contribution in [0.25, 0.3) is 0 Å². The average Bonchev–Trinajstić information content (AvgIpc) is 3.39. The van der Waals surface area contributed by atoms with Crippen LogP contribution < -0.4 is 5.32 Å². The summed E-state index contributed by atoms with van der Waals surface area (Å²) in [6.45, 7) is 3.71. The molecule has 162 valence electrons. The molecule has 1 amide bonds. The third-order valence-electron chi connectivity index (χ3n) is 5.94. The number of likely N-dealkylation sites (tertiary alicyclic amines) is 1. The zero-order valence-electron chi connectivity index (χ0n) is 16.9. The van der Waals surface area contributed by atoms with Gasteiger partial charge >= 0.3 is 6.18 Å². The van der Waals surface area contributed by atoms with E-state index in [1.165, 1.54) is 12.1 Å². The van der Waals surface area contributed by atoms with Gasteiger partial charge in [-0.2, -0.15) is 13.2 Å². The molecule has 0 spiro atoms. The molecular weight excluding hydrogens is 395 g/mol. The first kappa shape index (κ1) is 20.8. The van der Waals surface area contributed by atoms with Gasteiger partial charge in [-0.05, 0) is 50.7 Å². The Kier molecular flexibility index (Phi) is 5.81. The lowest BCUT2D eigenvalue weighted by Crippen LogP contribution is -2.41. The van der Waals surface area contributed by atoms with Gasteiger partial charge in [0.05, 0.1) is 17.8 Å². The standard InChI is InChI=1S/C21H26F3N5O/c1-14(11-15-3-2-4-16(12-15)21(22,23)24)28-9-7-18(8-10-28)29-13-19(26-27-29)20(30)25-17-5-6-17/h2-4,12-14,17-18H,5-11H2,1H3,(H,25,30). The number of nitrogens with one attached hydrogen (secondary N) is 1. The highest BCUT2D eigenvalue weighted by molar-refractivity contribution is 5.92. The van der Waals surface area contributed by atoms with Gasteiger partial charge in [-0.3, -0.25) is 4.79 Å². The minimum atomic E-state index is -4.32. The minimum Gasteiger partial charge on any atom is -0.348 e. The number of rotatable bonds is 6. The zero-order valence-corrected chi connectivity index (χ0v) is 16.9. The summed E-state index contributed by atoms with van der Waals surface area (Å²) in [7, 11) is 0. The molecule has 0 bridgehead atoms. The third-order valence-corrected chi connectivity index (χ3v) is 5.94. The Morgan fingerprint density at radius 2 is 1.97 bits per heavy atom. The molecule has 2 fully saturated rings. The number of aromatic nitrogens is 3. The van der Waals surface area contributed by atoms with Gasteiger partial charge < -0.3 is 10.2 Å². The molecule has 1 aromatic heterocycles. The maximum absolute atomic E-state index is 12.9. The lowest BCUT2D eigenvalue weighted by molar-refractivity contribution is -0.137. The van der Waals surface area contributed by atoms with Crippen LogP contribution >= 0.6 is 0 Å². The van der Waals surface area contributed by atoms with Gasteiger partial charge in [0.2, 0.25) is 0 Å². The van der Waals surface area contributed by atoms with E-state index >= 15 is 0 Å². The van der Waals surface area contributed by atoms with Crippen molar-refractivity contribution in [2.75, 3.05) is 13.1 Å². The van der Waals surface area contributed by atoms with Gasteiger partial charge in [0, 0.05) is 25.2 Å². The molecule has 9 heteroatoms. The molecule has 1 aromatic carbocycles. The van der Waals surface area contributed by atoms with Crippen molar-refractivity contribution in [1.29, 1.82) is 0 Å². The first-order valence-corrected chi connectivity index (χ1v) is 10.4. The van der Waals surface area contributed by atoms with Gasteiger partial charge in [-0.1, -0.05) is 23.4 Å². The van der Waals surface area contributed by atoms with Crippen LogP contribution in [0.1, 0.15) is 60.3 Å². The molecule has 1 atom stereocenters. The topological polar surface area (TPSA) is 63.1 Å². The minimum absolute atomic E-state index is 0.144. The summed E-state index contributed by atoms with van der Waals surface area (Å²) in [6.07, 6.45) is 1.74. The summed E-state index contributed by atoms with van der Waals surface area (Å²) in [5.41, 5.74) is 0.447. The van der Waals surface area contributed by atoms with Gasteiger partial charge in [-0.15, -0.1) is 5.10 Å². The average molecular weight is 421 g/mol. The monoisotopic (exact) mass is 421 g/mol. The number of amides is 1. The Morgan fingerprint density at radius 3 is 2.63 bits per heavy atom. The van der Waals surface area contributed by atoms with E-state index in [-0.39, 0.29) is 24.0 Å². The second-order valence-electron chi connectivity index (χ2n) is 8.35. The van der Waals surface area contributed by atoms with E-state index in [1.54, 1.807) is 16.9 Å². The summed E-state index contributed by atoms with van der Waals surface area (Å²) < 4.78 is 40.6. The largest absolute Gasteiger partial charge is 0.416 e. The Morgan fingerprint density at radius 1 is 1.23 bits per heavy atom. The van der Waals surface area contributed by atoms with Gasteiger partial charge in [0.25, 0.3) is 5.91 Å². The zero-order chi connectivity index (χ0) is 21.3. The van der Waals surface area contributed by atoms with Crippen LogP contribution in [-0.2, 0) is 12.6 Å². The summed E-state index contributed by atoms with van der Waals surface area (Å²) in [5.74, 6) is -0.170. The van der Waals surface area contributed by atoms with Crippen molar-refractivity contribution < 1.29 is 18.0 Å². The van der Waals surface area contributed by atoms with Crippen LogP contribution in [0.2, 0.25) is 0 Å². The molecule has 1 saturated heterocycles. The Hall–Kier alpha value is -2.42. The maximum atomic E-state index is 12.9. The van der Waals surface area contributed by atoms with Crippen molar-refractivity contribution >= 4 is 5.91 Å². The quantitative estimate of drug-likeness (QED) is 0.776. The predicted octanol–water partition coefficient (Wildman–Crippen LogP) is 3.46. The SMILES string of the molecule is CC(Cc1cccc(C(F)(F)F)c1)N1CCC(n2cc(C(=O)NC3CC3)nn2)CC1. The van der Waals surface area contributed by atoms with Crippen molar-refractivity contribution in [2.24, 2.45) is 0 Å². The highest BCUT2D eigenvalue weighted by Crippen LogP contribution is 2.30. The Balaban J connectivity index is 1.30.